The van der Waals surface area contributed by atoms with Gasteiger partial charge >= 0.3 is 0 Å². The van der Waals surface area contributed by atoms with Gasteiger partial charge in [0.2, 0.25) is 15.9 Å². The first-order chi connectivity index (χ1) is 13.8. The first kappa shape index (κ1) is 21.2. The van der Waals surface area contributed by atoms with Crippen LogP contribution in [0.25, 0.3) is 0 Å². The van der Waals surface area contributed by atoms with Gasteiger partial charge in [0, 0.05) is 23.8 Å². The van der Waals surface area contributed by atoms with Gasteiger partial charge in [-0.05, 0) is 47.5 Å². The molecule has 0 aliphatic carbocycles. The SMILES string of the molecule is CN(Cc1ccccc1)S(=O)(=O)c1ccc(NC(=O)Cc2ccc(Br)cc2)cc1. The summed E-state index contributed by atoms with van der Waals surface area (Å²) in [6.45, 7) is 0.287. The van der Waals surface area contributed by atoms with E-state index in [0.29, 0.717) is 5.69 Å². The van der Waals surface area contributed by atoms with Crippen LogP contribution in [-0.2, 0) is 27.8 Å². The highest BCUT2D eigenvalue weighted by Crippen LogP contribution is 2.19. The van der Waals surface area contributed by atoms with E-state index in [2.05, 4.69) is 21.2 Å². The predicted molar refractivity (Wildman–Crippen MR) is 118 cm³/mol. The number of sulfonamides is 1. The van der Waals surface area contributed by atoms with Crippen LogP contribution in [-0.4, -0.2) is 25.7 Å². The van der Waals surface area contributed by atoms with Crippen molar-refractivity contribution in [3.63, 3.8) is 0 Å². The van der Waals surface area contributed by atoms with E-state index in [1.807, 2.05) is 54.6 Å². The zero-order valence-electron chi connectivity index (χ0n) is 15.9. The smallest absolute Gasteiger partial charge is 0.243 e. The maximum Gasteiger partial charge on any atom is 0.243 e. The number of amides is 1. The molecule has 1 N–H and O–H groups in total. The third kappa shape index (κ3) is 5.76. The van der Waals surface area contributed by atoms with Crippen molar-refractivity contribution >= 4 is 37.5 Å². The van der Waals surface area contributed by atoms with Crippen molar-refractivity contribution in [1.82, 2.24) is 4.31 Å². The molecular formula is C22H21BrN2O3S. The minimum Gasteiger partial charge on any atom is -0.326 e. The Morgan fingerprint density at radius 1 is 0.897 bits per heavy atom. The van der Waals surface area contributed by atoms with Gasteiger partial charge in [0.25, 0.3) is 0 Å². The Kier molecular flexibility index (Phi) is 6.84. The molecule has 5 nitrogen and oxygen atoms in total. The highest BCUT2D eigenvalue weighted by atomic mass is 79.9. The Morgan fingerprint density at radius 2 is 1.52 bits per heavy atom. The summed E-state index contributed by atoms with van der Waals surface area (Å²) in [5.74, 6) is -0.163. The van der Waals surface area contributed by atoms with Crippen molar-refractivity contribution in [2.75, 3.05) is 12.4 Å². The quantitative estimate of drug-likeness (QED) is 0.552. The third-order valence-electron chi connectivity index (χ3n) is 4.37. The van der Waals surface area contributed by atoms with Gasteiger partial charge in [-0.25, -0.2) is 8.42 Å². The molecule has 0 unspecified atom stereocenters. The molecule has 150 valence electrons. The van der Waals surface area contributed by atoms with Gasteiger partial charge in [-0.1, -0.05) is 58.4 Å². The molecule has 0 radical (unpaired) electrons. The molecule has 3 aromatic rings. The van der Waals surface area contributed by atoms with Crippen LogP contribution in [0.5, 0.6) is 0 Å². The second kappa shape index (κ2) is 9.35. The van der Waals surface area contributed by atoms with Crippen LogP contribution in [0.1, 0.15) is 11.1 Å². The van der Waals surface area contributed by atoms with Crippen LogP contribution < -0.4 is 5.32 Å². The minimum atomic E-state index is -3.62. The van der Waals surface area contributed by atoms with E-state index in [4.69, 9.17) is 0 Å². The number of hydrogen-bond acceptors (Lipinski definition) is 3. The average Bonchev–Trinajstić information content (AvgIpc) is 2.71. The number of nitrogens with one attached hydrogen (secondary N) is 1. The van der Waals surface area contributed by atoms with Crippen molar-refractivity contribution in [3.8, 4) is 0 Å². The van der Waals surface area contributed by atoms with E-state index in [1.54, 1.807) is 19.2 Å². The zero-order chi connectivity index (χ0) is 20.9. The molecule has 3 rings (SSSR count). The molecule has 0 aromatic heterocycles. The molecule has 0 aliphatic heterocycles. The van der Waals surface area contributed by atoms with Crippen LogP contribution in [0.15, 0.2) is 88.2 Å². The summed E-state index contributed by atoms with van der Waals surface area (Å²) in [6, 6.07) is 23.1. The maximum absolute atomic E-state index is 12.8. The first-order valence-electron chi connectivity index (χ1n) is 8.99. The van der Waals surface area contributed by atoms with Crippen molar-refractivity contribution in [1.29, 1.82) is 0 Å². The highest BCUT2D eigenvalue weighted by molar-refractivity contribution is 9.10. The maximum atomic E-state index is 12.8. The van der Waals surface area contributed by atoms with E-state index in [0.717, 1.165) is 15.6 Å². The molecule has 0 heterocycles. The lowest BCUT2D eigenvalue weighted by atomic mass is 10.1. The van der Waals surface area contributed by atoms with Gasteiger partial charge in [-0.3, -0.25) is 4.79 Å². The molecule has 0 saturated carbocycles. The summed E-state index contributed by atoms with van der Waals surface area (Å²) >= 11 is 3.36. The number of carbonyl (C=O) groups excluding carboxylic acids is 1. The number of anilines is 1. The van der Waals surface area contributed by atoms with Gasteiger partial charge in [0.1, 0.15) is 0 Å². The van der Waals surface area contributed by atoms with E-state index in [1.165, 1.54) is 16.4 Å². The van der Waals surface area contributed by atoms with Crippen molar-refractivity contribution in [3.05, 3.63) is 94.5 Å². The summed E-state index contributed by atoms with van der Waals surface area (Å²) in [6.07, 6.45) is 0.243. The second-order valence-corrected chi connectivity index (χ2v) is 9.58. The molecular weight excluding hydrogens is 452 g/mol. The van der Waals surface area contributed by atoms with Crippen LogP contribution in [0.4, 0.5) is 5.69 Å². The summed E-state index contributed by atoms with van der Waals surface area (Å²) < 4.78 is 27.8. The van der Waals surface area contributed by atoms with Gasteiger partial charge in [-0.2, -0.15) is 4.31 Å². The topological polar surface area (TPSA) is 66.5 Å². The van der Waals surface area contributed by atoms with E-state index >= 15 is 0 Å². The Hall–Kier alpha value is -2.48. The number of hydrogen-bond donors (Lipinski definition) is 1. The van der Waals surface area contributed by atoms with E-state index < -0.39 is 10.0 Å². The Morgan fingerprint density at radius 3 is 2.14 bits per heavy atom. The molecule has 29 heavy (non-hydrogen) atoms. The van der Waals surface area contributed by atoms with E-state index in [9.17, 15) is 13.2 Å². The molecule has 0 atom stereocenters. The Bertz CT molecular complexity index is 1070. The van der Waals surface area contributed by atoms with Gasteiger partial charge in [-0.15, -0.1) is 0 Å². The standard InChI is InChI=1S/C22H21BrN2O3S/c1-25(16-18-5-3-2-4-6-18)29(27,28)21-13-11-20(12-14-21)24-22(26)15-17-7-9-19(23)10-8-17/h2-14H,15-16H2,1H3,(H,24,26). The molecule has 0 aliphatic rings. The molecule has 0 saturated heterocycles. The molecule has 0 fully saturated rings. The van der Waals surface area contributed by atoms with Crippen molar-refractivity contribution in [2.45, 2.75) is 17.9 Å². The average molecular weight is 473 g/mol. The van der Waals surface area contributed by atoms with Crippen molar-refractivity contribution < 1.29 is 13.2 Å². The Balaban J connectivity index is 1.64. The fourth-order valence-electron chi connectivity index (χ4n) is 2.81. The number of carbonyl (C=O) groups is 1. The van der Waals surface area contributed by atoms with Gasteiger partial charge in [0.05, 0.1) is 11.3 Å². The highest BCUT2D eigenvalue weighted by Gasteiger charge is 2.20. The normalized spacial score (nSPS) is 11.4. The second-order valence-electron chi connectivity index (χ2n) is 6.62. The van der Waals surface area contributed by atoms with Crippen LogP contribution in [0, 0.1) is 0 Å². The first-order valence-corrected chi connectivity index (χ1v) is 11.2. The van der Waals surface area contributed by atoms with Crippen LogP contribution >= 0.6 is 15.9 Å². The molecule has 0 spiro atoms. The number of halogens is 1. The fraction of sp³-hybridized carbons (Fsp3) is 0.136. The Labute approximate surface area is 179 Å². The number of rotatable bonds is 7. The van der Waals surface area contributed by atoms with Gasteiger partial charge in [0.15, 0.2) is 0 Å². The third-order valence-corrected chi connectivity index (χ3v) is 6.72. The number of benzene rings is 3. The predicted octanol–water partition coefficient (Wildman–Crippen LogP) is 4.45. The lowest BCUT2D eigenvalue weighted by Gasteiger charge is -2.17. The van der Waals surface area contributed by atoms with Crippen LogP contribution in [0.2, 0.25) is 0 Å². The lowest BCUT2D eigenvalue weighted by Crippen LogP contribution is -2.26. The zero-order valence-corrected chi connectivity index (χ0v) is 18.3. The van der Waals surface area contributed by atoms with Gasteiger partial charge < -0.3 is 5.32 Å². The summed E-state index contributed by atoms with van der Waals surface area (Å²) in [5, 5.41) is 2.79. The van der Waals surface area contributed by atoms with Crippen LogP contribution in [0.3, 0.4) is 0 Å². The summed E-state index contributed by atoms with van der Waals surface area (Å²) in [5.41, 5.74) is 2.36. The molecule has 7 heteroatoms. The van der Waals surface area contributed by atoms with Crippen molar-refractivity contribution in [2.24, 2.45) is 0 Å². The van der Waals surface area contributed by atoms with E-state index in [-0.39, 0.29) is 23.8 Å². The number of nitrogens with zero attached hydrogens (tertiary/aromatic N) is 1. The molecule has 3 aromatic carbocycles. The largest absolute Gasteiger partial charge is 0.326 e. The molecule has 1 amide bonds. The molecule has 0 bridgehead atoms. The summed E-state index contributed by atoms with van der Waals surface area (Å²) in [7, 11) is -2.07. The lowest BCUT2D eigenvalue weighted by molar-refractivity contribution is -0.115. The minimum absolute atomic E-state index is 0.163. The summed E-state index contributed by atoms with van der Waals surface area (Å²) in [4.78, 5) is 12.4. The monoisotopic (exact) mass is 472 g/mol. The fourth-order valence-corrected chi connectivity index (χ4v) is 4.23.